The molecule has 2 aromatic carbocycles. The van der Waals surface area contributed by atoms with Gasteiger partial charge in [0.25, 0.3) is 5.91 Å². The molecular weight excluding hydrogens is 451 g/mol. The second-order valence-electron chi connectivity index (χ2n) is 8.86. The van der Waals surface area contributed by atoms with Gasteiger partial charge in [-0.1, -0.05) is 49.9 Å². The first-order valence-corrected chi connectivity index (χ1v) is 11.7. The number of amides is 1. The molecular formula is C25H27ClF3N3O. The molecule has 0 radical (unpaired) electrons. The quantitative estimate of drug-likeness (QED) is 0.429. The molecule has 176 valence electrons. The van der Waals surface area contributed by atoms with Crippen LogP contribution in [0.1, 0.15) is 60.5 Å². The van der Waals surface area contributed by atoms with Gasteiger partial charge in [0.2, 0.25) is 0 Å². The molecule has 0 atom stereocenters. The maximum atomic E-state index is 12.9. The first-order valence-electron chi connectivity index (χ1n) is 11.3. The zero-order chi connectivity index (χ0) is 23.6. The van der Waals surface area contributed by atoms with Crippen LogP contribution in [-0.4, -0.2) is 22.2 Å². The molecule has 1 aromatic heterocycles. The molecule has 1 amide bonds. The van der Waals surface area contributed by atoms with Crippen molar-refractivity contribution >= 4 is 28.4 Å². The maximum Gasteiger partial charge on any atom is 0.416 e. The zero-order valence-corrected chi connectivity index (χ0v) is 19.2. The molecule has 33 heavy (non-hydrogen) atoms. The van der Waals surface area contributed by atoms with E-state index >= 15 is 0 Å². The molecule has 0 spiro atoms. The van der Waals surface area contributed by atoms with Crippen LogP contribution < -0.4 is 5.32 Å². The fourth-order valence-corrected chi connectivity index (χ4v) is 4.89. The largest absolute Gasteiger partial charge is 0.416 e. The van der Waals surface area contributed by atoms with Gasteiger partial charge in [0, 0.05) is 11.9 Å². The van der Waals surface area contributed by atoms with E-state index in [1.165, 1.54) is 31.4 Å². The number of nitrogens with zero attached hydrogens (tertiary/aromatic N) is 2. The third-order valence-electron chi connectivity index (χ3n) is 6.71. The van der Waals surface area contributed by atoms with Gasteiger partial charge in [-0.2, -0.15) is 18.3 Å². The SMILES string of the molecule is CCC1CCC(CNC(=O)c2ccc(Cl)c3c2cnn3Cc2ccc(C(F)(F)F)cc2)CC1. The Balaban J connectivity index is 1.49. The molecule has 1 fully saturated rings. The van der Waals surface area contributed by atoms with E-state index < -0.39 is 11.7 Å². The van der Waals surface area contributed by atoms with E-state index in [0.717, 1.165) is 30.9 Å². The van der Waals surface area contributed by atoms with E-state index in [9.17, 15) is 18.0 Å². The third kappa shape index (κ3) is 5.35. The van der Waals surface area contributed by atoms with Crippen molar-refractivity contribution in [2.45, 2.75) is 51.7 Å². The number of aromatic nitrogens is 2. The van der Waals surface area contributed by atoms with Gasteiger partial charge in [0.05, 0.1) is 34.4 Å². The van der Waals surface area contributed by atoms with Gasteiger partial charge in [-0.15, -0.1) is 0 Å². The van der Waals surface area contributed by atoms with E-state index in [1.54, 1.807) is 23.0 Å². The summed E-state index contributed by atoms with van der Waals surface area (Å²) in [5.74, 6) is 1.15. The number of rotatable bonds is 6. The summed E-state index contributed by atoms with van der Waals surface area (Å²) in [6.07, 6.45) is 3.15. The summed E-state index contributed by atoms with van der Waals surface area (Å²) in [5, 5.41) is 8.49. The number of nitrogens with one attached hydrogen (secondary N) is 1. The number of fused-ring (bicyclic) bond motifs is 1. The molecule has 0 aliphatic heterocycles. The molecule has 4 nitrogen and oxygen atoms in total. The summed E-state index contributed by atoms with van der Waals surface area (Å²) in [5.41, 5.74) is 1.04. The lowest BCUT2D eigenvalue weighted by Crippen LogP contribution is -2.31. The predicted molar refractivity (Wildman–Crippen MR) is 123 cm³/mol. The van der Waals surface area contributed by atoms with Crippen LogP contribution in [0.3, 0.4) is 0 Å². The normalized spacial score (nSPS) is 19.1. The first kappa shape index (κ1) is 23.6. The van der Waals surface area contributed by atoms with Gasteiger partial charge in [-0.3, -0.25) is 9.48 Å². The highest BCUT2D eigenvalue weighted by Crippen LogP contribution is 2.32. The molecule has 1 aliphatic carbocycles. The summed E-state index contributed by atoms with van der Waals surface area (Å²) >= 11 is 6.42. The van der Waals surface area contributed by atoms with Crippen LogP contribution in [-0.2, 0) is 12.7 Å². The molecule has 1 aliphatic rings. The zero-order valence-electron chi connectivity index (χ0n) is 18.5. The van der Waals surface area contributed by atoms with Crippen molar-refractivity contribution in [2.75, 3.05) is 6.54 Å². The lowest BCUT2D eigenvalue weighted by Gasteiger charge is -2.27. The van der Waals surface area contributed by atoms with Crippen LogP contribution in [0, 0.1) is 11.8 Å². The van der Waals surface area contributed by atoms with Crippen molar-refractivity contribution in [2.24, 2.45) is 11.8 Å². The second kappa shape index (κ2) is 9.75. The minimum Gasteiger partial charge on any atom is -0.352 e. The minimum atomic E-state index is -4.38. The van der Waals surface area contributed by atoms with Gasteiger partial charge in [0.1, 0.15) is 0 Å². The van der Waals surface area contributed by atoms with Gasteiger partial charge >= 0.3 is 6.18 Å². The van der Waals surface area contributed by atoms with Crippen molar-refractivity contribution in [1.29, 1.82) is 0 Å². The van der Waals surface area contributed by atoms with Crippen LogP contribution in [0.2, 0.25) is 5.02 Å². The molecule has 4 rings (SSSR count). The Bertz CT molecular complexity index is 1120. The number of benzene rings is 2. The molecule has 0 saturated heterocycles. The number of hydrogen-bond donors (Lipinski definition) is 1. The van der Waals surface area contributed by atoms with Crippen molar-refractivity contribution in [3.63, 3.8) is 0 Å². The highest BCUT2D eigenvalue weighted by Gasteiger charge is 2.30. The number of carbonyl (C=O) groups is 1. The molecule has 1 heterocycles. The van der Waals surface area contributed by atoms with E-state index in [0.29, 0.717) is 39.5 Å². The summed E-state index contributed by atoms with van der Waals surface area (Å²) < 4.78 is 40.1. The summed E-state index contributed by atoms with van der Waals surface area (Å²) in [4.78, 5) is 12.9. The smallest absolute Gasteiger partial charge is 0.352 e. The standard InChI is InChI=1S/C25H27ClF3N3O/c1-2-16-3-5-17(6-4-16)13-30-24(33)20-11-12-22(26)23-21(20)14-31-32(23)15-18-7-9-19(10-8-18)25(27,28)29/h7-12,14,16-17H,2-6,13,15H2,1H3,(H,30,33). The fraction of sp³-hybridized carbons (Fsp3) is 0.440. The molecule has 3 aromatic rings. The highest BCUT2D eigenvalue weighted by atomic mass is 35.5. The van der Waals surface area contributed by atoms with Crippen LogP contribution >= 0.6 is 11.6 Å². The lowest BCUT2D eigenvalue weighted by atomic mass is 9.81. The Labute approximate surface area is 196 Å². The molecule has 0 bridgehead atoms. The Morgan fingerprint density at radius 2 is 1.76 bits per heavy atom. The summed E-state index contributed by atoms with van der Waals surface area (Å²) in [6.45, 7) is 3.13. The minimum absolute atomic E-state index is 0.164. The molecule has 1 N–H and O–H groups in total. The van der Waals surface area contributed by atoms with E-state index in [2.05, 4.69) is 17.3 Å². The molecule has 8 heteroatoms. The van der Waals surface area contributed by atoms with Crippen molar-refractivity contribution in [3.8, 4) is 0 Å². The molecule has 0 unspecified atom stereocenters. The third-order valence-corrected chi connectivity index (χ3v) is 7.01. The Morgan fingerprint density at radius 3 is 2.39 bits per heavy atom. The topological polar surface area (TPSA) is 46.9 Å². The van der Waals surface area contributed by atoms with Crippen LogP contribution in [0.15, 0.2) is 42.6 Å². The Morgan fingerprint density at radius 1 is 1.09 bits per heavy atom. The van der Waals surface area contributed by atoms with Gasteiger partial charge < -0.3 is 5.32 Å². The Hall–Kier alpha value is -2.54. The van der Waals surface area contributed by atoms with E-state index in [-0.39, 0.29) is 12.5 Å². The van der Waals surface area contributed by atoms with Gasteiger partial charge in [-0.05, 0) is 54.5 Å². The van der Waals surface area contributed by atoms with Crippen molar-refractivity contribution in [3.05, 3.63) is 64.3 Å². The van der Waals surface area contributed by atoms with Crippen molar-refractivity contribution < 1.29 is 18.0 Å². The summed E-state index contributed by atoms with van der Waals surface area (Å²) in [7, 11) is 0. The average molecular weight is 478 g/mol. The number of alkyl halides is 3. The number of halogens is 4. The number of carbonyl (C=O) groups excluding carboxylic acids is 1. The van der Waals surface area contributed by atoms with E-state index in [4.69, 9.17) is 11.6 Å². The average Bonchev–Trinajstić information content (AvgIpc) is 3.22. The summed E-state index contributed by atoms with van der Waals surface area (Å²) in [6, 6.07) is 8.31. The first-order chi connectivity index (χ1) is 15.8. The van der Waals surface area contributed by atoms with Crippen LogP contribution in [0.25, 0.3) is 10.9 Å². The number of hydrogen-bond acceptors (Lipinski definition) is 2. The second-order valence-corrected chi connectivity index (χ2v) is 9.27. The maximum absolute atomic E-state index is 12.9. The monoisotopic (exact) mass is 477 g/mol. The molecule has 1 saturated carbocycles. The van der Waals surface area contributed by atoms with Gasteiger partial charge in [-0.25, -0.2) is 0 Å². The Kier molecular flexibility index (Phi) is 6.98. The van der Waals surface area contributed by atoms with Crippen LogP contribution in [0.4, 0.5) is 13.2 Å². The fourth-order valence-electron chi connectivity index (χ4n) is 4.63. The van der Waals surface area contributed by atoms with Crippen LogP contribution in [0.5, 0.6) is 0 Å². The highest BCUT2D eigenvalue weighted by molar-refractivity contribution is 6.35. The lowest BCUT2D eigenvalue weighted by molar-refractivity contribution is -0.137. The van der Waals surface area contributed by atoms with Crippen molar-refractivity contribution in [1.82, 2.24) is 15.1 Å². The predicted octanol–water partition coefficient (Wildman–Crippen LogP) is 6.70. The van der Waals surface area contributed by atoms with E-state index in [1.807, 2.05) is 0 Å². The van der Waals surface area contributed by atoms with Gasteiger partial charge in [0.15, 0.2) is 0 Å².